The van der Waals surface area contributed by atoms with Crippen molar-refractivity contribution in [2.24, 2.45) is 10.1 Å². The normalized spacial score (nSPS) is 22.7. The first-order chi connectivity index (χ1) is 11.7. The van der Waals surface area contributed by atoms with Crippen LogP contribution >= 0.6 is 0 Å². The summed E-state index contributed by atoms with van der Waals surface area (Å²) in [5, 5.41) is 6.26. The highest BCUT2D eigenvalue weighted by atomic mass is 16.2. The van der Waals surface area contributed by atoms with Gasteiger partial charge in [-0.2, -0.15) is 0 Å². The molecule has 0 aromatic rings. The Hall–Kier alpha value is -2.77. The first kappa shape index (κ1) is 17.1. The molecule has 3 rings (SSSR count). The molecule has 3 amide bonds. The van der Waals surface area contributed by atoms with Crippen molar-refractivity contribution < 1.29 is 14.2 Å². The van der Waals surface area contributed by atoms with Gasteiger partial charge >= 0.3 is 12.0 Å². The Kier molecular flexibility index (Phi) is 4.06. The molecule has 132 valence electrons. The maximum Gasteiger partial charge on any atom is 0.417 e. The number of rotatable bonds is 4. The summed E-state index contributed by atoms with van der Waals surface area (Å²) >= 11 is 0. The molecule has 25 heavy (non-hydrogen) atoms. The molecule has 1 saturated heterocycles. The summed E-state index contributed by atoms with van der Waals surface area (Å²) in [4.78, 5) is 32.8. The number of carbonyl (C=O) groups is 2. The van der Waals surface area contributed by atoms with Gasteiger partial charge in [-0.3, -0.25) is 14.6 Å². The molecule has 0 bridgehead atoms. The molecule has 3 aliphatic heterocycles. The summed E-state index contributed by atoms with van der Waals surface area (Å²) in [6, 6.07) is -0.998. The van der Waals surface area contributed by atoms with Crippen LogP contribution in [-0.2, 0) is 4.79 Å². The number of nitrogens with zero attached hydrogens (tertiary/aromatic N) is 6. The SMILES string of the molecule is C=C(C)CN1N=C(C)C[N+]2=C1N=C1C2C(=O)N(CC(=C)C)C(=O)N1C. The van der Waals surface area contributed by atoms with Crippen LogP contribution in [0.15, 0.2) is 34.4 Å². The minimum atomic E-state index is -0.616. The minimum absolute atomic E-state index is 0.206. The van der Waals surface area contributed by atoms with E-state index in [1.165, 1.54) is 9.80 Å². The number of hydrogen-bond acceptors (Lipinski definition) is 5. The highest BCUT2D eigenvalue weighted by molar-refractivity contribution is 6.23. The van der Waals surface area contributed by atoms with Gasteiger partial charge < -0.3 is 0 Å². The predicted octanol–water partition coefficient (Wildman–Crippen LogP) is 0.873. The summed E-state index contributed by atoms with van der Waals surface area (Å²) in [6.07, 6.45) is 0. The number of aliphatic imine (C=N–C) groups is 1. The van der Waals surface area contributed by atoms with Crippen LogP contribution in [0.1, 0.15) is 20.8 Å². The predicted molar refractivity (Wildman–Crippen MR) is 95.7 cm³/mol. The molecule has 0 spiro atoms. The second kappa shape index (κ2) is 5.94. The highest BCUT2D eigenvalue weighted by Gasteiger charge is 2.54. The Morgan fingerprint density at radius 3 is 2.48 bits per heavy atom. The molecule has 3 heterocycles. The zero-order chi connectivity index (χ0) is 18.5. The fraction of sp³-hybridized carbons (Fsp3) is 0.471. The van der Waals surface area contributed by atoms with Gasteiger partial charge in [-0.15, -0.1) is 10.1 Å². The lowest BCUT2D eigenvalue weighted by atomic mass is 10.1. The third-order valence-corrected chi connectivity index (χ3v) is 4.16. The second-order valence-electron chi connectivity index (χ2n) is 6.87. The van der Waals surface area contributed by atoms with Gasteiger partial charge in [0, 0.05) is 7.05 Å². The van der Waals surface area contributed by atoms with E-state index in [1.54, 1.807) is 19.0 Å². The fourth-order valence-corrected chi connectivity index (χ4v) is 3.18. The van der Waals surface area contributed by atoms with E-state index in [2.05, 4.69) is 23.3 Å². The number of hydrogen-bond donors (Lipinski definition) is 0. The Morgan fingerprint density at radius 2 is 1.88 bits per heavy atom. The monoisotopic (exact) mass is 343 g/mol. The summed E-state index contributed by atoms with van der Waals surface area (Å²) in [5.41, 5.74) is 2.55. The van der Waals surface area contributed by atoms with Crippen LogP contribution in [-0.4, -0.2) is 81.6 Å². The van der Waals surface area contributed by atoms with E-state index in [1.807, 2.05) is 18.4 Å². The van der Waals surface area contributed by atoms with Crippen molar-refractivity contribution in [1.29, 1.82) is 0 Å². The molecular formula is C17H23N6O2+. The Balaban J connectivity index is 2.02. The first-order valence-corrected chi connectivity index (χ1v) is 8.12. The van der Waals surface area contributed by atoms with Crippen LogP contribution in [0.5, 0.6) is 0 Å². The highest BCUT2D eigenvalue weighted by Crippen LogP contribution is 2.23. The molecule has 0 radical (unpaired) electrons. The van der Waals surface area contributed by atoms with Crippen molar-refractivity contribution in [3.8, 4) is 0 Å². The fourth-order valence-electron chi connectivity index (χ4n) is 3.18. The Labute approximate surface area is 147 Å². The summed E-state index contributed by atoms with van der Waals surface area (Å²) in [6.45, 7) is 14.6. The number of imide groups is 1. The number of guanidine groups is 1. The lowest BCUT2D eigenvalue weighted by Crippen LogP contribution is -2.63. The van der Waals surface area contributed by atoms with Gasteiger partial charge in [0.25, 0.3) is 5.91 Å². The van der Waals surface area contributed by atoms with Crippen molar-refractivity contribution in [2.75, 3.05) is 26.7 Å². The number of amides is 3. The van der Waals surface area contributed by atoms with Crippen molar-refractivity contribution in [3.05, 3.63) is 24.3 Å². The molecule has 0 aromatic carbocycles. The number of hydrazone groups is 1. The van der Waals surface area contributed by atoms with Gasteiger partial charge in [-0.05, 0) is 26.3 Å². The summed E-state index contributed by atoms with van der Waals surface area (Å²) in [7, 11) is 1.64. The molecule has 0 aromatic heterocycles. The number of fused-ring (bicyclic) bond motifs is 2. The average molecular weight is 343 g/mol. The smallest absolute Gasteiger partial charge is 0.270 e. The molecule has 1 unspecified atom stereocenters. The van der Waals surface area contributed by atoms with E-state index in [9.17, 15) is 9.59 Å². The molecule has 1 fully saturated rings. The maximum atomic E-state index is 13.0. The molecule has 8 nitrogen and oxygen atoms in total. The molecule has 3 aliphatic rings. The average Bonchev–Trinajstić information content (AvgIpc) is 2.88. The van der Waals surface area contributed by atoms with E-state index < -0.39 is 6.04 Å². The van der Waals surface area contributed by atoms with E-state index in [0.29, 0.717) is 24.9 Å². The molecule has 0 N–H and O–H groups in total. The van der Waals surface area contributed by atoms with Crippen LogP contribution in [0, 0.1) is 0 Å². The number of carbonyl (C=O) groups excluding carboxylic acids is 2. The first-order valence-electron chi connectivity index (χ1n) is 8.12. The van der Waals surface area contributed by atoms with Crippen LogP contribution < -0.4 is 0 Å². The van der Waals surface area contributed by atoms with Gasteiger partial charge in [0.05, 0.1) is 12.3 Å². The van der Waals surface area contributed by atoms with Crippen molar-refractivity contribution >= 4 is 29.4 Å². The Bertz CT molecular complexity index is 791. The standard InChI is InChI=1S/C17H23N6O2/c1-10(2)7-22-15(24)13-14(20(6)17(22)25)18-16-21(13)9-12(5)19-23(16)8-11(3)4/h13H,1,3,7-9H2,2,4-6H3/q+1. The Morgan fingerprint density at radius 1 is 1.24 bits per heavy atom. The van der Waals surface area contributed by atoms with Crippen LogP contribution in [0.4, 0.5) is 4.79 Å². The summed E-state index contributed by atoms with van der Waals surface area (Å²) in [5.74, 6) is 0.753. The molecule has 0 aliphatic carbocycles. The van der Waals surface area contributed by atoms with E-state index >= 15 is 0 Å². The quantitative estimate of drug-likeness (QED) is 0.562. The molecule has 1 atom stereocenters. The largest absolute Gasteiger partial charge is 0.417 e. The molecule has 8 heteroatoms. The van der Waals surface area contributed by atoms with E-state index in [4.69, 9.17) is 0 Å². The lowest BCUT2D eigenvalue weighted by Gasteiger charge is -2.34. The van der Waals surface area contributed by atoms with E-state index in [0.717, 1.165) is 16.9 Å². The van der Waals surface area contributed by atoms with Crippen LogP contribution in [0.25, 0.3) is 0 Å². The van der Waals surface area contributed by atoms with Gasteiger partial charge in [0.2, 0.25) is 11.9 Å². The topological polar surface area (TPSA) is 71.6 Å². The maximum absolute atomic E-state index is 13.0. The third kappa shape index (κ3) is 2.77. The molecule has 0 saturated carbocycles. The van der Waals surface area contributed by atoms with Crippen LogP contribution in [0.3, 0.4) is 0 Å². The number of amidine groups is 1. The third-order valence-electron chi connectivity index (χ3n) is 4.16. The molecular weight excluding hydrogens is 320 g/mol. The van der Waals surface area contributed by atoms with Crippen molar-refractivity contribution in [3.63, 3.8) is 0 Å². The number of urea groups is 1. The van der Waals surface area contributed by atoms with Gasteiger partial charge in [-0.25, -0.2) is 9.37 Å². The van der Waals surface area contributed by atoms with Crippen molar-refractivity contribution in [2.45, 2.75) is 26.8 Å². The van der Waals surface area contributed by atoms with E-state index in [-0.39, 0.29) is 18.5 Å². The van der Waals surface area contributed by atoms with Gasteiger partial charge in [0.1, 0.15) is 13.1 Å². The van der Waals surface area contributed by atoms with Gasteiger partial charge in [0.15, 0.2) is 0 Å². The zero-order valence-corrected chi connectivity index (χ0v) is 15.1. The number of likely N-dealkylation sites (N-methyl/N-ethyl adjacent to an activating group) is 1. The summed E-state index contributed by atoms with van der Waals surface area (Å²) < 4.78 is 1.90. The lowest BCUT2D eigenvalue weighted by molar-refractivity contribution is -0.527. The second-order valence-corrected chi connectivity index (χ2v) is 6.87. The minimum Gasteiger partial charge on any atom is -0.270 e. The van der Waals surface area contributed by atoms with Gasteiger partial charge in [-0.1, -0.05) is 23.7 Å². The van der Waals surface area contributed by atoms with Crippen molar-refractivity contribution in [1.82, 2.24) is 14.8 Å². The van der Waals surface area contributed by atoms with Crippen LogP contribution in [0.2, 0.25) is 0 Å². The zero-order valence-electron chi connectivity index (χ0n) is 15.1.